The molecule has 1 amide bonds. The predicted octanol–water partition coefficient (Wildman–Crippen LogP) is 3.27. The maximum Gasteiger partial charge on any atom is 0.226 e. The minimum Gasteiger partial charge on any atom is -0.508 e. The first-order valence-electron chi connectivity index (χ1n) is 10.1. The minimum atomic E-state index is -0.815. The third-order valence-electron chi connectivity index (χ3n) is 5.71. The summed E-state index contributed by atoms with van der Waals surface area (Å²) in [6.07, 6.45) is 0.164. The number of carbonyl (C=O) groups excluding carboxylic acids is 1. The van der Waals surface area contributed by atoms with E-state index in [4.69, 9.17) is 0 Å². The Morgan fingerprint density at radius 2 is 1.97 bits per heavy atom. The van der Waals surface area contributed by atoms with Gasteiger partial charge >= 0.3 is 0 Å². The van der Waals surface area contributed by atoms with Crippen molar-refractivity contribution in [3.05, 3.63) is 88.1 Å². The molecule has 2 heterocycles. The molecule has 1 aliphatic rings. The monoisotopic (exact) mass is 422 g/mol. The first-order valence-corrected chi connectivity index (χ1v) is 11.0. The molecule has 4 rings (SSSR count). The second-order valence-electron chi connectivity index (χ2n) is 7.81. The van der Waals surface area contributed by atoms with Gasteiger partial charge in [-0.3, -0.25) is 9.69 Å². The Morgan fingerprint density at radius 3 is 2.67 bits per heavy atom. The Labute approximate surface area is 180 Å². The van der Waals surface area contributed by atoms with Gasteiger partial charge in [-0.05, 0) is 41.1 Å². The van der Waals surface area contributed by atoms with E-state index < -0.39 is 11.6 Å². The van der Waals surface area contributed by atoms with Crippen molar-refractivity contribution in [2.24, 2.45) is 0 Å². The Morgan fingerprint density at radius 1 is 1.13 bits per heavy atom. The number of phenols is 1. The molecule has 1 aliphatic heterocycles. The van der Waals surface area contributed by atoms with Crippen LogP contribution >= 0.6 is 11.3 Å². The number of carbonyl (C=O) groups is 1. The fourth-order valence-electron chi connectivity index (χ4n) is 4.20. The van der Waals surface area contributed by atoms with Crippen molar-refractivity contribution in [2.45, 2.75) is 31.0 Å². The van der Waals surface area contributed by atoms with Crippen molar-refractivity contribution in [3.63, 3.8) is 0 Å². The third-order valence-corrected chi connectivity index (χ3v) is 6.58. The highest BCUT2D eigenvalue weighted by Gasteiger charge is 2.44. The molecule has 156 valence electrons. The second kappa shape index (κ2) is 9.00. The summed E-state index contributed by atoms with van der Waals surface area (Å²) in [6, 6.07) is 20.8. The lowest BCUT2D eigenvalue weighted by Crippen LogP contribution is -2.62. The summed E-state index contributed by atoms with van der Waals surface area (Å²) in [6.45, 7) is 1.80. The van der Waals surface area contributed by atoms with Crippen LogP contribution in [-0.2, 0) is 23.3 Å². The Balaban J connectivity index is 1.52. The maximum absolute atomic E-state index is 12.9. The number of nitrogens with one attached hydrogen (secondary N) is 1. The number of hydrogen-bond acceptors (Lipinski definition) is 5. The molecule has 6 heteroatoms. The molecule has 2 atom stereocenters. The lowest BCUT2D eigenvalue weighted by atomic mass is 9.78. The normalized spacial score (nSPS) is 22.0. The van der Waals surface area contributed by atoms with E-state index in [0.29, 0.717) is 25.9 Å². The number of likely N-dealkylation sites (tertiary alicyclic amines) is 1. The Hall–Kier alpha value is -2.67. The molecule has 0 saturated carbocycles. The molecule has 0 aliphatic carbocycles. The van der Waals surface area contributed by atoms with Crippen molar-refractivity contribution in [1.82, 2.24) is 10.2 Å². The topological polar surface area (TPSA) is 72.8 Å². The molecule has 0 bridgehead atoms. The van der Waals surface area contributed by atoms with Gasteiger partial charge in [0, 0.05) is 24.5 Å². The fraction of sp³-hybridized carbons (Fsp3) is 0.292. The number of hydrogen-bond donors (Lipinski definition) is 3. The maximum atomic E-state index is 12.9. The van der Waals surface area contributed by atoms with Crippen molar-refractivity contribution in [2.75, 3.05) is 13.1 Å². The molecular weight excluding hydrogens is 396 g/mol. The number of rotatable bonds is 6. The molecular formula is C24H26N2O3S. The average molecular weight is 423 g/mol. The summed E-state index contributed by atoms with van der Waals surface area (Å²) >= 11 is 1.56. The SMILES string of the molecule is O=C(Cc1cccs1)N[C@@]1(c2ccccc2)CCN(Cc2cccc(O)c2)C[C@H]1O. The minimum absolute atomic E-state index is 0.0817. The molecule has 3 N–H and O–H groups in total. The summed E-state index contributed by atoms with van der Waals surface area (Å²) < 4.78 is 0. The highest BCUT2D eigenvalue weighted by atomic mass is 32.1. The van der Waals surface area contributed by atoms with E-state index in [-0.39, 0.29) is 11.7 Å². The van der Waals surface area contributed by atoms with Gasteiger partial charge in [0.05, 0.1) is 18.1 Å². The standard InChI is InChI=1S/C24H26N2O3S/c27-20-9-4-6-18(14-20)16-26-12-11-24(22(28)17-26,19-7-2-1-3-8-19)25-23(29)15-21-10-5-13-30-21/h1-10,13-14,22,27-28H,11-12,15-17H2,(H,25,29)/t22-,24-/m1/s1. The van der Waals surface area contributed by atoms with E-state index >= 15 is 0 Å². The Bertz CT molecular complexity index is 977. The summed E-state index contributed by atoms with van der Waals surface area (Å²) in [5.41, 5.74) is 1.11. The van der Waals surface area contributed by atoms with Crippen LogP contribution in [0.3, 0.4) is 0 Å². The molecule has 1 fully saturated rings. The van der Waals surface area contributed by atoms with Gasteiger partial charge in [0.2, 0.25) is 5.91 Å². The molecule has 0 radical (unpaired) electrons. The van der Waals surface area contributed by atoms with Crippen molar-refractivity contribution < 1.29 is 15.0 Å². The van der Waals surface area contributed by atoms with E-state index in [1.807, 2.05) is 60.0 Å². The Kier molecular flexibility index (Phi) is 6.18. The number of amides is 1. The zero-order chi connectivity index (χ0) is 21.0. The van der Waals surface area contributed by atoms with Crippen LogP contribution in [0.2, 0.25) is 0 Å². The highest BCUT2D eigenvalue weighted by molar-refractivity contribution is 7.10. The predicted molar refractivity (Wildman–Crippen MR) is 118 cm³/mol. The number of thiophene rings is 1. The number of β-amino-alcohol motifs (C(OH)–C–C–N with tert-alkyl or cyclic N) is 1. The van der Waals surface area contributed by atoms with Crippen molar-refractivity contribution in [1.29, 1.82) is 0 Å². The summed E-state index contributed by atoms with van der Waals surface area (Å²) in [4.78, 5) is 16.0. The van der Waals surface area contributed by atoms with Gasteiger partial charge in [-0.2, -0.15) is 0 Å². The van der Waals surface area contributed by atoms with E-state index in [0.717, 1.165) is 22.5 Å². The third kappa shape index (κ3) is 4.56. The first-order chi connectivity index (χ1) is 14.5. The largest absolute Gasteiger partial charge is 0.508 e. The van der Waals surface area contributed by atoms with Gasteiger partial charge in [0.25, 0.3) is 0 Å². The van der Waals surface area contributed by atoms with Gasteiger partial charge in [-0.15, -0.1) is 11.3 Å². The zero-order valence-electron chi connectivity index (χ0n) is 16.7. The number of benzene rings is 2. The van der Waals surface area contributed by atoms with E-state index in [9.17, 15) is 15.0 Å². The second-order valence-corrected chi connectivity index (χ2v) is 8.84. The van der Waals surface area contributed by atoms with Crippen LogP contribution < -0.4 is 5.32 Å². The average Bonchev–Trinajstić information content (AvgIpc) is 3.24. The number of aromatic hydroxyl groups is 1. The molecule has 30 heavy (non-hydrogen) atoms. The van der Waals surface area contributed by atoms with Gasteiger partial charge in [0.1, 0.15) is 5.75 Å². The van der Waals surface area contributed by atoms with Gasteiger partial charge in [-0.1, -0.05) is 48.5 Å². The van der Waals surface area contributed by atoms with Crippen LogP contribution in [0.25, 0.3) is 0 Å². The lowest BCUT2D eigenvalue weighted by molar-refractivity contribution is -0.126. The lowest BCUT2D eigenvalue weighted by Gasteiger charge is -2.46. The number of aliphatic hydroxyl groups excluding tert-OH is 1. The van der Waals surface area contributed by atoms with Crippen LogP contribution in [0, 0.1) is 0 Å². The summed E-state index contributed by atoms with van der Waals surface area (Å²) in [5.74, 6) is 0.159. The molecule has 0 unspecified atom stereocenters. The van der Waals surface area contributed by atoms with E-state index in [1.165, 1.54) is 0 Å². The van der Waals surface area contributed by atoms with Crippen LogP contribution in [0.15, 0.2) is 72.1 Å². The van der Waals surface area contributed by atoms with Crippen LogP contribution in [0.4, 0.5) is 0 Å². The smallest absolute Gasteiger partial charge is 0.226 e. The fourth-order valence-corrected chi connectivity index (χ4v) is 4.91. The molecule has 2 aromatic carbocycles. The zero-order valence-corrected chi connectivity index (χ0v) is 17.5. The summed E-state index contributed by atoms with van der Waals surface area (Å²) in [5, 5.41) is 26.1. The van der Waals surface area contributed by atoms with Gasteiger partial charge < -0.3 is 15.5 Å². The molecule has 1 saturated heterocycles. The van der Waals surface area contributed by atoms with Gasteiger partial charge in [-0.25, -0.2) is 0 Å². The van der Waals surface area contributed by atoms with Crippen molar-refractivity contribution in [3.8, 4) is 5.75 Å². The molecule has 3 aromatic rings. The first kappa shape index (κ1) is 20.6. The molecule has 1 aromatic heterocycles. The van der Waals surface area contributed by atoms with Crippen molar-refractivity contribution >= 4 is 17.2 Å². The van der Waals surface area contributed by atoms with Crippen LogP contribution in [-0.4, -0.2) is 40.2 Å². The van der Waals surface area contributed by atoms with Crippen LogP contribution in [0.5, 0.6) is 5.75 Å². The highest BCUT2D eigenvalue weighted by Crippen LogP contribution is 2.34. The number of nitrogens with zero attached hydrogens (tertiary/aromatic N) is 1. The van der Waals surface area contributed by atoms with E-state index in [2.05, 4.69) is 10.2 Å². The van der Waals surface area contributed by atoms with Gasteiger partial charge in [0.15, 0.2) is 0 Å². The van der Waals surface area contributed by atoms with Crippen LogP contribution in [0.1, 0.15) is 22.4 Å². The number of phenolic OH excluding ortho intramolecular Hbond substituents is 1. The summed E-state index contributed by atoms with van der Waals surface area (Å²) in [7, 11) is 0. The molecule has 0 spiro atoms. The molecule has 5 nitrogen and oxygen atoms in total. The van der Waals surface area contributed by atoms with E-state index in [1.54, 1.807) is 23.5 Å². The quantitative estimate of drug-likeness (QED) is 0.570. The number of aliphatic hydroxyl groups is 1. The number of piperidine rings is 1.